The Hall–Kier alpha value is -2.90. The summed E-state index contributed by atoms with van der Waals surface area (Å²) in [5, 5.41) is 4.14. The van der Waals surface area contributed by atoms with Crippen LogP contribution in [0.3, 0.4) is 0 Å². The molecule has 34 heavy (non-hydrogen) atoms. The predicted octanol–water partition coefficient (Wildman–Crippen LogP) is 4.13. The predicted molar refractivity (Wildman–Crippen MR) is 133 cm³/mol. The van der Waals surface area contributed by atoms with Gasteiger partial charge in [0, 0.05) is 26.1 Å². The van der Waals surface area contributed by atoms with E-state index in [1.807, 2.05) is 30.0 Å². The third-order valence-electron chi connectivity index (χ3n) is 6.41. The zero-order valence-electron chi connectivity index (χ0n) is 19.1. The molecule has 9 heteroatoms. The van der Waals surface area contributed by atoms with E-state index >= 15 is 0 Å². The number of halogens is 2. The molecular weight excluding hydrogens is 475 g/mol. The van der Waals surface area contributed by atoms with Crippen LogP contribution in [0.1, 0.15) is 43.7 Å². The van der Waals surface area contributed by atoms with E-state index in [0.717, 1.165) is 24.0 Å². The van der Waals surface area contributed by atoms with E-state index in [-0.39, 0.29) is 36.5 Å². The maximum Gasteiger partial charge on any atom is 0.261 e. The fraction of sp³-hybridized carbons (Fsp3) is 0.360. The molecule has 1 saturated carbocycles. The van der Waals surface area contributed by atoms with Crippen molar-refractivity contribution in [2.24, 2.45) is 0 Å². The molecule has 4 rings (SSSR count). The van der Waals surface area contributed by atoms with Gasteiger partial charge in [0.2, 0.25) is 11.8 Å². The third-order valence-corrected chi connectivity index (χ3v) is 7.15. The molecule has 0 saturated heterocycles. The Kier molecular flexibility index (Phi) is 7.24. The van der Waals surface area contributed by atoms with E-state index < -0.39 is 0 Å². The fourth-order valence-corrected chi connectivity index (χ4v) is 4.78. The molecule has 0 radical (unpaired) electrons. The van der Waals surface area contributed by atoms with Crippen LogP contribution < -0.4 is 10.9 Å². The normalized spacial score (nSPS) is 17.3. The summed E-state index contributed by atoms with van der Waals surface area (Å²) in [6.45, 7) is 4.42. The van der Waals surface area contributed by atoms with Crippen LogP contribution in [0, 0.1) is 0 Å². The first-order chi connectivity index (χ1) is 16.3. The lowest BCUT2D eigenvalue weighted by atomic mass is 9.75. The number of amides is 2. The summed E-state index contributed by atoms with van der Waals surface area (Å²) in [7, 11) is 0. The van der Waals surface area contributed by atoms with Gasteiger partial charge in [0.1, 0.15) is 6.54 Å². The van der Waals surface area contributed by atoms with Crippen LogP contribution in [0.5, 0.6) is 0 Å². The summed E-state index contributed by atoms with van der Waals surface area (Å²) >= 11 is 11.9. The van der Waals surface area contributed by atoms with Crippen molar-refractivity contribution < 1.29 is 9.59 Å². The molecule has 1 aromatic heterocycles. The number of benzene rings is 2. The first-order valence-electron chi connectivity index (χ1n) is 11.2. The fourth-order valence-electron chi connectivity index (χ4n) is 4.46. The molecule has 2 amide bonds. The molecular formula is C25H26Cl2N4O3. The first-order valence-corrected chi connectivity index (χ1v) is 12.0. The molecule has 1 fully saturated rings. The minimum Gasteiger partial charge on any atom is -0.350 e. The lowest BCUT2D eigenvalue weighted by Crippen LogP contribution is -2.46. The molecule has 1 aliphatic carbocycles. The van der Waals surface area contributed by atoms with Crippen molar-refractivity contribution in [3.63, 3.8) is 0 Å². The van der Waals surface area contributed by atoms with E-state index in [9.17, 15) is 14.4 Å². The van der Waals surface area contributed by atoms with Gasteiger partial charge in [0.15, 0.2) is 0 Å². The van der Waals surface area contributed by atoms with E-state index in [0.29, 0.717) is 33.4 Å². The van der Waals surface area contributed by atoms with Crippen molar-refractivity contribution >= 4 is 45.9 Å². The molecule has 2 aromatic carbocycles. The summed E-state index contributed by atoms with van der Waals surface area (Å²) in [5.74, 6) is 0.0792. The Morgan fingerprint density at radius 3 is 2.59 bits per heavy atom. The quantitative estimate of drug-likeness (QED) is 0.528. The minimum absolute atomic E-state index is 0.0917. The highest BCUT2D eigenvalue weighted by atomic mass is 35.5. The average Bonchev–Trinajstić information content (AvgIpc) is 2.78. The zero-order valence-corrected chi connectivity index (χ0v) is 20.6. The molecule has 0 spiro atoms. The van der Waals surface area contributed by atoms with Crippen LogP contribution in [0.2, 0.25) is 10.0 Å². The van der Waals surface area contributed by atoms with Gasteiger partial charge in [-0.25, -0.2) is 4.98 Å². The van der Waals surface area contributed by atoms with Gasteiger partial charge >= 0.3 is 0 Å². The Labute approximate surface area is 207 Å². The molecule has 0 bridgehead atoms. The largest absolute Gasteiger partial charge is 0.350 e. The Bertz CT molecular complexity index is 1300. The number of carbonyl (C=O) groups excluding carboxylic acids is 2. The lowest BCUT2D eigenvalue weighted by Gasteiger charge is -2.42. The Morgan fingerprint density at radius 1 is 1.15 bits per heavy atom. The summed E-state index contributed by atoms with van der Waals surface area (Å²) in [4.78, 5) is 43.5. The highest BCUT2D eigenvalue weighted by Crippen LogP contribution is 2.40. The highest BCUT2D eigenvalue weighted by Gasteiger charge is 2.35. The second-order valence-electron chi connectivity index (χ2n) is 8.61. The molecule has 1 heterocycles. The van der Waals surface area contributed by atoms with E-state index in [4.69, 9.17) is 23.2 Å². The zero-order chi connectivity index (χ0) is 24.4. The average molecular weight is 501 g/mol. The van der Waals surface area contributed by atoms with Crippen molar-refractivity contribution in [1.82, 2.24) is 19.8 Å². The van der Waals surface area contributed by atoms with Crippen LogP contribution in [-0.2, 0) is 22.7 Å². The lowest BCUT2D eigenvalue weighted by molar-refractivity contribution is -0.132. The first kappa shape index (κ1) is 24.2. The van der Waals surface area contributed by atoms with Crippen molar-refractivity contribution in [1.29, 1.82) is 0 Å². The molecule has 0 atom stereocenters. The van der Waals surface area contributed by atoms with Crippen LogP contribution in [0.25, 0.3) is 10.9 Å². The van der Waals surface area contributed by atoms with Gasteiger partial charge < -0.3 is 10.2 Å². The van der Waals surface area contributed by atoms with Crippen molar-refractivity contribution in [3.05, 3.63) is 74.3 Å². The van der Waals surface area contributed by atoms with Gasteiger partial charge in [-0.15, -0.1) is 0 Å². The number of carbonyl (C=O) groups is 2. The SMILES string of the molecule is CCN(C(C)=O)C1CC(c2ccc3ncn(CC(=O)NCc4ccc(Cl)c(Cl)c4)c(=O)c3c2)C1. The second-order valence-corrected chi connectivity index (χ2v) is 9.42. The Morgan fingerprint density at radius 2 is 1.91 bits per heavy atom. The minimum atomic E-state index is -0.309. The van der Waals surface area contributed by atoms with E-state index in [1.54, 1.807) is 25.1 Å². The molecule has 1 N–H and O–H groups in total. The molecule has 0 aliphatic heterocycles. The monoisotopic (exact) mass is 500 g/mol. The molecule has 7 nitrogen and oxygen atoms in total. The molecule has 178 valence electrons. The molecule has 0 unspecified atom stereocenters. The third kappa shape index (κ3) is 5.10. The van der Waals surface area contributed by atoms with Crippen LogP contribution >= 0.6 is 23.2 Å². The van der Waals surface area contributed by atoms with Crippen LogP contribution in [0.4, 0.5) is 0 Å². The molecule has 3 aromatic rings. The number of hydrogen-bond donors (Lipinski definition) is 1. The van der Waals surface area contributed by atoms with Gasteiger partial charge in [0.05, 0.1) is 27.3 Å². The van der Waals surface area contributed by atoms with Gasteiger partial charge in [-0.3, -0.25) is 19.0 Å². The number of nitrogens with zero attached hydrogens (tertiary/aromatic N) is 3. The smallest absolute Gasteiger partial charge is 0.261 e. The van der Waals surface area contributed by atoms with Gasteiger partial charge in [-0.2, -0.15) is 0 Å². The number of fused-ring (bicyclic) bond motifs is 1. The summed E-state index contributed by atoms with van der Waals surface area (Å²) < 4.78 is 1.31. The highest BCUT2D eigenvalue weighted by molar-refractivity contribution is 6.42. The standard InChI is InChI=1S/C25H26Cl2N4O3/c1-3-31(15(2)32)19-9-18(10-19)17-5-7-23-20(11-17)25(34)30(14-29-23)13-24(33)28-12-16-4-6-21(26)22(27)8-16/h4-8,11,14,18-19H,3,9-10,12-13H2,1-2H3,(H,28,33). The van der Waals surface area contributed by atoms with Crippen molar-refractivity contribution in [3.8, 4) is 0 Å². The maximum atomic E-state index is 13.1. The van der Waals surface area contributed by atoms with Gasteiger partial charge in [0.25, 0.3) is 5.56 Å². The summed E-state index contributed by atoms with van der Waals surface area (Å²) in [6.07, 6.45) is 3.16. The van der Waals surface area contributed by atoms with Gasteiger partial charge in [-0.05, 0) is 61.1 Å². The molecule has 1 aliphatic rings. The Balaban J connectivity index is 1.44. The van der Waals surface area contributed by atoms with Gasteiger partial charge in [-0.1, -0.05) is 35.3 Å². The van der Waals surface area contributed by atoms with E-state index in [2.05, 4.69) is 10.3 Å². The number of nitrogens with one attached hydrogen (secondary N) is 1. The van der Waals surface area contributed by atoms with Crippen LogP contribution in [-0.4, -0.2) is 38.9 Å². The summed E-state index contributed by atoms with van der Waals surface area (Å²) in [5.41, 5.74) is 2.20. The summed E-state index contributed by atoms with van der Waals surface area (Å²) in [6, 6.07) is 11.1. The number of hydrogen-bond acceptors (Lipinski definition) is 4. The number of aromatic nitrogens is 2. The van der Waals surface area contributed by atoms with Crippen LogP contribution in [0.15, 0.2) is 47.5 Å². The number of rotatable bonds is 7. The van der Waals surface area contributed by atoms with Crippen molar-refractivity contribution in [2.75, 3.05) is 6.54 Å². The second kappa shape index (κ2) is 10.2. The van der Waals surface area contributed by atoms with E-state index in [1.165, 1.54) is 10.9 Å². The topological polar surface area (TPSA) is 84.3 Å². The van der Waals surface area contributed by atoms with Crippen molar-refractivity contribution in [2.45, 2.75) is 51.7 Å². The maximum absolute atomic E-state index is 13.1.